The van der Waals surface area contributed by atoms with Crippen molar-refractivity contribution in [3.63, 3.8) is 0 Å². The highest BCUT2D eigenvalue weighted by Gasteiger charge is 2.15. The molecule has 1 heterocycles. The van der Waals surface area contributed by atoms with Gasteiger partial charge in [-0.05, 0) is 48.9 Å². The minimum atomic E-state index is 0.164. The lowest BCUT2D eigenvalue weighted by Crippen LogP contribution is -2.32. The summed E-state index contributed by atoms with van der Waals surface area (Å²) >= 11 is 0. The van der Waals surface area contributed by atoms with Gasteiger partial charge < -0.3 is 10.8 Å². The minimum absolute atomic E-state index is 0.164. The Labute approximate surface area is 119 Å². The number of phenolic OH excluding ortho intramolecular Hbond substituents is 1. The lowest BCUT2D eigenvalue weighted by atomic mass is 10.0. The number of hydrogen-bond acceptors (Lipinski definition) is 4. The molecule has 20 heavy (non-hydrogen) atoms. The van der Waals surface area contributed by atoms with Crippen molar-refractivity contribution in [1.29, 1.82) is 0 Å². The largest absolute Gasteiger partial charge is 0.508 e. The van der Waals surface area contributed by atoms with Gasteiger partial charge in [-0.3, -0.25) is 9.88 Å². The first-order chi connectivity index (χ1) is 9.70. The van der Waals surface area contributed by atoms with Gasteiger partial charge in [-0.1, -0.05) is 12.1 Å². The summed E-state index contributed by atoms with van der Waals surface area (Å²) in [7, 11) is 2.07. The van der Waals surface area contributed by atoms with Crippen LogP contribution in [0.3, 0.4) is 0 Å². The van der Waals surface area contributed by atoms with Gasteiger partial charge in [0.05, 0.1) is 0 Å². The summed E-state index contributed by atoms with van der Waals surface area (Å²) < 4.78 is 0. The molecule has 2 aromatic rings. The molecule has 3 N–H and O–H groups in total. The summed E-state index contributed by atoms with van der Waals surface area (Å²) in [5, 5.41) is 9.35. The van der Waals surface area contributed by atoms with Gasteiger partial charge in [-0.25, -0.2) is 0 Å². The van der Waals surface area contributed by atoms with Gasteiger partial charge in [0.15, 0.2) is 0 Å². The molecule has 4 heteroatoms. The van der Waals surface area contributed by atoms with Crippen molar-refractivity contribution < 1.29 is 5.11 Å². The number of phenols is 1. The fourth-order valence-electron chi connectivity index (χ4n) is 2.28. The van der Waals surface area contributed by atoms with E-state index in [1.54, 1.807) is 12.1 Å². The average molecular weight is 271 g/mol. The van der Waals surface area contributed by atoms with E-state index in [-0.39, 0.29) is 11.8 Å². The smallest absolute Gasteiger partial charge is 0.115 e. The molecule has 0 spiro atoms. The Morgan fingerprint density at radius 3 is 2.40 bits per heavy atom. The standard InChI is InChI=1S/C16H21N3O/c1-19(11-8-13-6-9-18-10-7-13)16(12-17)14-2-4-15(20)5-3-14/h2-7,9-10,16,20H,8,11-12,17H2,1H3. The Bertz CT molecular complexity index is 513. The van der Waals surface area contributed by atoms with Crippen LogP contribution in [0.1, 0.15) is 17.2 Å². The fourth-order valence-corrected chi connectivity index (χ4v) is 2.28. The van der Waals surface area contributed by atoms with E-state index >= 15 is 0 Å². The molecule has 0 saturated carbocycles. The lowest BCUT2D eigenvalue weighted by Gasteiger charge is -2.27. The van der Waals surface area contributed by atoms with Crippen LogP contribution in [-0.4, -0.2) is 35.1 Å². The molecule has 106 valence electrons. The third kappa shape index (κ3) is 3.79. The van der Waals surface area contributed by atoms with Crippen molar-refractivity contribution in [3.05, 3.63) is 59.9 Å². The molecule has 0 fully saturated rings. The predicted octanol–water partition coefficient (Wildman–Crippen LogP) is 1.96. The Morgan fingerprint density at radius 2 is 1.80 bits per heavy atom. The van der Waals surface area contributed by atoms with Crippen molar-refractivity contribution in [3.8, 4) is 5.75 Å². The number of pyridine rings is 1. The number of nitrogens with two attached hydrogens (primary N) is 1. The summed E-state index contributed by atoms with van der Waals surface area (Å²) in [6.45, 7) is 1.48. The van der Waals surface area contributed by atoms with E-state index < -0.39 is 0 Å². The third-order valence-electron chi connectivity index (χ3n) is 3.54. The molecule has 1 unspecified atom stereocenters. The molecule has 2 rings (SSSR count). The second-order valence-corrected chi connectivity index (χ2v) is 4.93. The first kappa shape index (κ1) is 14.5. The maximum atomic E-state index is 9.35. The Kier molecular flexibility index (Phi) is 5.09. The Morgan fingerprint density at radius 1 is 1.15 bits per heavy atom. The average Bonchev–Trinajstić information content (AvgIpc) is 2.49. The highest BCUT2D eigenvalue weighted by molar-refractivity contribution is 5.28. The molecule has 1 aromatic heterocycles. The number of nitrogens with zero attached hydrogens (tertiary/aromatic N) is 2. The molecule has 0 amide bonds. The molecular weight excluding hydrogens is 250 g/mol. The number of rotatable bonds is 6. The molecule has 0 aliphatic rings. The van der Waals surface area contributed by atoms with Crippen molar-refractivity contribution in [2.75, 3.05) is 20.1 Å². The van der Waals surface area contributed by atoms with E-state index in [9.17, 15) is 5.11 Å². The van der Waals surface area contributed by atoms with Crippen molar-refractivity contribution in [2.24, 2.45) is 5.73 Å². The lowest BCUT2D eigenvalue weighted by molar-refractivity contribution is 0.253. The van der Waals surface area contributed by atoms with Crippen molar-refractivity contribution in [2.45, 2.75) is 12.5 Å². The molecular formula is C16H21N3O. The monoisotopic (exact) mass is 271 g/mol. The van der Waals surface area contributed by atoms with Crippen LogP contribution in [0.25, 0.3) is 0 Å². The van der Waals surface area contributed by atoms with E-state index in [2.05, 4.69) is 16.9 Å². The van der Waals surface area contributed by atoms with Crippen molar-refractivity contribution in [1.82, 2.24) is 9.88 Å². The number of aromatic hydroxyl groups is 1. The van der Waals surface area contributed by atoms with Crippen LogP contribution < -0.4 is 5.73 Å². The van der Waals surface area contributed by atoms with E-state index in [0.717, 1.165) is 18.5 Å². The highest BCUT2D eigenvalue weighted by Crippen LogP contribution is 2.21. The van der Waals surface area contributed by atoms with Gasteiger partial charge in [0.25, 0.3) is 0 Å². The first-order valence-electron chi connectivity index (χ1n) is 6.79. The highest BCUT2D eigenvalue weighted by atomic mass is 16.3. The van der Waals surface area contributed by atoms with E-state index in [1.807, 2.05) is 36.7 Å². The first-order valence-corrected chi connectivity index (χ1v) is 6.79. The molecule has 0 saturated heterocycles. The number of benzene rings is 1. The van der Waals surface area contributed by atoms with Crippen LogP contribution in [0.15, 0.2) is 48.8 Å². The van der Waals surface area contributed by atoms with Gasteiger partial charge in [-0.15, -0.1) is 0 Å². The zero-order chi connectivity index (χ0) is 14.4. The third-order valence-corrected chi connectivity index (χ3v) is 3.54. The second kappa shape index (κ2) is 7.03. The van der Waals surface area contributed by atoms with Gasteiger partial charge in [0, 0.05) is 31.5 Å². The Balaban J connectivity index is 1.98. The van der Waals surface area contributed by atoms with E-state index in [1.165, 1.54) is 5.56 Å². The molecule has 1 aromatic carbocycles. The maximum Gasteiger partial charge on any atom is 0.115 e. The number of aromatic nitrogens is 1. The maximum absolute atomic E-state index is 9.35. The number of hydrogen-bond donors (Lipinski definition) is 2. The van der Waals surface area contributed by atoms with Crippen LogP contribution in [-0.2, 0) is 6.42 Å². The summed E-state index contributed by atoms with van der Waals surface area (Å²) in [5.74, 6) is 0.281. The molecule has 0 bridgehead atoms. The van der Waals surface area contributed by atoms with Gasteiger partial charge >= 0.3 is 0 Å². The molecule has 1 atom stereocenters. The Hall–Kier alpha value is -1.91. The quantitative estimate of drug-likeness (QED) is 0.843. The summed E-state index contributed by atoms with van der Waals surface area (Å²) in [6, 6.07) is 11.5. The van der Waals surface area contributed by atoms with Gasteiger partial charge in [-0.2, -0.15) is 0 Å². The zero-order valence-corrected chi connectivity index (χ0v) is 11.7. The van der Waals surface area contributed by atoms with Crippen LogP contribution in [0.5, 0.6) is 5.75 Å². The van der Waals surface area contributed by atoms with E-state index in [4.69, 9.17) is 5.73 Å². The topological polar surface area (TPSA) is 62.4 Å². The molecule has 4 nitrogen and oxygen atoms in total. The van der Waals surface area contributed by atoms with Gasteiger partial charge in [0.2, 0.25) is 0 Å². The van der Waals surface area contributed by atoms with Crippen LogP contribution in [0, 0.1) is 0 Å². The normalized spacial score (nSPS) is 12.6. The fraction of sp³-hybridized carbons (Fsp3) is 0.312. The van der Waals surface area contributed by atoms with Crippen molar-refractivity contribution >= 4 is 0 Å². The van der Waals surface area contributed by atoms with Gasteiger partial charge in [0.1, 0.15) is 5.75 Å². The summed E-state index contributed by atoms with van der Waals surface area (Å²) in [6.07, 6.45) is 4.60. The molecule has 0 aliphatic carbocycles. The summed E-state index contributed by atoms with van der Waals surface area (Å²) in [5.41, 5.74) is 8.30. The SMILES string of the molecule is CN(CCc1ccncc1)C(CN)c1ccc(O)cc1. The van der Waals surface area contributed by atoms with Crippen LogP contribution >= 0.6 is 0 Å². The van der Waals surface area contributed by atoms with E-state index in [0.29, 0.717) is 6.54 Å². The zero-order valence-electron chi connectivity index (χ0n) is 11.7. The van der Waals surface area contributed by atoms with Crippen LogP contribution in [0.4, 0.5) is 0 Å². The minimum Gasteiger partial charge on any atom is -0.508 e. The second-order valence-electron chi connectivity index (χ2n) is 4.93. The van der Waals surface area contributed by atoms with Crippen LogP contribution in [0.2, 0.25) is 0 Å². The molecule has 0 aliphatic heterocycles. The molecule has 0 radical (unpaired) electrons. The number of likely N-dealkylation sites (N-methyl/N-ethyl adjacent to an activating group) is 1. The summed E-state index contributed by atoms with van der Waals surface area (Å²) in [4.78, 5) is 6.27. The predicted molar refractivity (Wildman–Crippen MR) is 80.5 cm³/mol.